The molecule has 0 saturated carbocycles. The fourth-order valence-electron chi connectivity index (χ4n) is 9.38. The number of benzene rings is 4. The lowest BCUT2D eigenvalue weighted by atomic mass is 10.1. The average molecular weight is 1140 g/mol. The van der Waals surface area contributed by atoms with Crippen molar-refractivity contribution in [2.45, 2.75) is 96.9 Å². The van der Waals surface area contributed by atoms with E-state index in [0.29, 0.717) is 72.5 Å². The Balaban J connectivity index is 1.22. The van der Waals surface area contributed by atoms with Gasteiger partial charge in [-0.3, -0.25) is 9.47 Å². The first kappa shape index (κ1) is 60.7. The van der Waals surface area contributed by atoms with E-state index in [1.807, 2.05) is 44.1 Å². The highest BCUT2D eigenvalue weighted by Gasteiger charge is 2.52. The van der Waals surface area contributed by atoms with Crippen molar-refractivity contribution in [1.29, 1.82) is 0 Å². The van der Waals surface area contributed by atoms with Gasteiger partial charge < -0.3 is 28.0 Å². The van der Waals surface area contributed by atoms with Gasteiger partial charge in [0.15, 0.2) is 38.8 Å². The largest absolute Gasteiger partial charge is 0.491 e. The molecule has 0 spiro atoms. The van der Waals surface area contributed by atoms with Crippen LogP contribution in [0.3, 0.4) is 0 Å². The van der Waals surface area contributed by atoms with Crippen LogP contribution in [0.5, 0.6) is 5.75 Å². The number of aryl methyl sites for hydroxylation is 2. The van der Waals surface area contributed by atoms with E-state index in [1.165, 1.54) is 34.9 Å². The number of fused-ring (bicyclic) bond motifs is 1. The Hall–Kier alpha value is -5.89. The normalized spacial score (nSPS) is 12.9. The van der Waals surface area contributed by atoms with Gasteiger partial charge in [0.2, 0.25) is 0 Å². The molecule has 0 radical (unpaired) electrons. The van der Waals surface area contributed by atoms with E-state index in [2.05, 4.69) is 156 Å². The Morgan fingerprint density at radius 1 is 0.886 bits per heavy atom. The summed E-state index contributed by atoms with van der Waals surface area (Å²) in [4.78, 5) is 29.2. The quantitative estimate of drug-likeness (QED) is 0.0180. The molecule has 13 nitrogen and oxygen atoms in total. The van der Waals surface area contributed by atoms with E-state index in [9.17, 15) is 4.79 Å². The maximum atomic E-state index is 15.2. The van der Waals surface area contributed by atoms with Crippen molar-refractivity contribution < 1.29 is 32.3 Å². The van der Waals surface area contributed by atoms with E-state index in [0.717, 1.165) is 44.5 Å². The number of para-hydroxylation sites is 1. The van der Waals surface area contributed by atoms with Crippen molar-refractivity contribution in [3.8, 4) is 17.6 Å². The molecule has 7 rings (SSSR count). The number of esters is 1. The predicted molar refractivity (Wildman–Crippen MR) is 327 cm³/mol. The van der Waals surface area contributed by atoms with Gasteiger partial charge in [-0.15, -0.1) is 21.5 Å². The summed E-state index contributed by atoms with van der Waals surface area (Å²) >= 11 is 2.99. The minimum atomic E-state index is -2.93. The summed E-state index contributed by atoms with van der Waals surface area (Å²) in [6.45, 7) is 19.1. The molecule has 0 aliphatic carbocycles. The first-order chi connectivity index (χ1) is 37.5. The molecule has 79 heavy (non-hydrogen) atoms. The number of hydrogen-bond acceptors (Lipinski definition) is 13. The topological polar surface area (TPSA) is 116 Å². The average Bonchev–Trinajstić information content (AvgIpc) is 4.17. The van der Waals surface area contributed by atoms with E-state index in [1.54, 1.807) is 23.5 Å². The SMILES string of the molecule is COC(=O)c1nc(N(CCCC(C[N+](C)(C)C)O[Si](c2ccccc2)(c2ccccc2)C(C)(C)C)c2cc(C)c(/N=c3\sc4ccccc4n3COCC[Si](C)(C)C)nn2)sc1CCCOc1ccc(C#CCN(C)C)cc1F. The van der Waals surface area contributed by atoms with Crippen LogP contribution in [-0.4, -0.2) is 133 Å². The van der Waals surface area contributed by atoms with E-state index >= 15 is 4.39 Å². The molecule has 0 amide bonds. The highest BCUT2D eigenvalue weighted by Crippen LogP contribution is 2.39. The van der Waals surface area contributed by atoms with Crippen LogP contribution in [0, 0.1) is 24.6 Å². The Morgan fingerprint density at radius 3 is 2.19 bits per heavy atom. The molecule has 7 aromatic rings. The molecular formula is C61H80FN8O5S2Si2+. The summed E-state index contributed by atoms with van der Waals surface area (Å²) in [7, 11) is 7.65. The van der Waals surface area contributed by atoms with Crippen molar-refractivity contribution in [1.82, 2.24) is 24.6 Å². The minimum absolute atomic E-state index is 0.135. The van der Waals surface area contributed by atoms with Crippen LogP contribution < -0.4 is 24.8 Å². The summed E-state index contributed by atoms with van der Waals surface area (Å²) in [6, 6.07) is 37.6. The third kappa shape index (κ3) is 16.4. The molecule has 420 valence electrons. The first-order valence-corrected chi connectivity index (χ1v) is 34.4. The lowest BCUT2D eigenvalue weighted by Crippen LogP contribution is -2.68. The third-order valence-electron chi connectivity index (χ3n) is 13.3. The summed E-state index contributed by atoms with van der Waals surface area (Å²) in [6.07, 6.45) is 2.20. The second-order valence-electron chi connectivity index (χ2n) is 23.5. The number of hydrogen-bond donors (Lipinski definition) is 0. The van der Waals surface area contributed by atoms with Crippen molar-refractivity contribution in [2.75, 3.05) is 80.1 Å². The van der Waals surface area contributed by atoms with Crippen LogP contribution in [0.1, 0.15) is 66.5 Å². The highest BCUT2D eigenvalue weighted by atomic mass is 32.1. The van der Waals surface area contributed by atoms with Gasteiger partial charge in [0, 0.05) is 31.7 Å². The monoisotopic (exact) mass is 1140 g/mol. The number of carbonyl (C=O) groups excluding carboxylic acids is 1. The van der Waals surface area contributed by atoms with Crippen molar-refractivity contribution in [3.05, 3.63) is 142 Å². The summed E-state index contributed by atoms with van der Waals surface area (Å²) in [5.41, 5.74) is 2.66. The smallest absolute Gasteiger partial charge is 0.357 e. The Kier molecular flexibility index (Phi) is 20.8. The van der Waals surface area contributed by atoms with Crippen LogP contribution in [-0.2, 0) is 27.1 Å². The molecule has 0 N–H and O–H groups in total. The number of nitrogens with zero attached hydrogens (tertiary/aromatic N) is 8. The standard InChI is InChI=1S/C61H80FN8O5S2Si2/c1-45-41-55(65-66-57(45)64-60-69(44-73-39-40-78(11,12)13)51-31-20-21-32-53(51)76-60)68(59-63-56(58(71)72-10)54(77-59)33-24-38-74-52-35-34-46(42-50(52)62)25-22-36-67(5)6)37-23-26-47(43-70(7,8)9)75-79(61(2,3)4,48-27-16-14-17-28-48)49-29-18-15-19-30-49/h14-21,27-32,34-35,41-42,47H,23-24,26,33,36-40,43-44H2,1-13H3/q+1/b64-60-. The molecule has 18 heteroatoms. The number of thiazole rings is 2. The van der Waals surface area contributed by atoms with Gasteiger partial charge in [0.1, 0.15) is 13.3 Å². The van der Waals surface area contributed by atoms with Gasteiger partial charge >= 0.3 is 5.97 Å². The number of likely N-dealkylation sites (N-methyl/N-ethyl adjacent to an activating group) is 1. The number of quaternary nitrogens is 1. The second-order valence-corrected chi connectivity index (χ2v) is 35.5. The fourth-order valence-corrected chi connectivity index (χ4v) is 17.0. The van der Waals surface area contributed by atoms with Crippen LogP contribution >= 0.6 is 22.7 Å². The number of aromatic nitrogens is 4. The molecule has 0 saturated heterocycles. The summed E-state index contributed by atoms with van der Waals surface area (Å²) in [5, 5.41) is 12.5. The molecular weight excluding hydrogens is 1060 g/mol. The summed E-state index contributed by atoms with van der Waals surface area (Å²) in [5.74, 6) is 6.21. The van der Waals surface area contributed by atoms with Crippen LogP contribution in [0.4, 0.5) is 21.2 Å². The van der Waals surface area contributed by atoms with E-state index < -0.39 is 28.2 Å². The summed E-state index contributed by atoms with van der Waals surface area (Å²) < 4.78 is 44.5. The van der Waals surface area contributed by atoms with Gasteiger partial charge in [-0.05, 0) is 110 Å². The minimum Gasteiger partial charge on any atom is -0.491 e. The Labute approximate surface area is 477 Å². The second kappa shape index (κ2) is 27.0. The number of anilines is 2. The number of ether oxygens (including phenoxy) is 3. The number of methoxy groups -OCH3 is 1. The van der Waals surface area contributed by atoms with Gasteiger partial charge in [0.25, 0.3) is 8.32 Å². The van der Waals surface area contributed by atoms with Gasteiger partial charge in [0.05, 0.1) is 57.7 Å². The predicted octanol–water partition coefficient (Wildman–Crippen LogP) is 11.2. The van der Waals surface area contributed by atoms with Crippen molar-refractivity contribution in [2.24, 2.45) is 4.99 Å². The Morgan fingerprint density at radius 2 is 1.57 bits per heavy atom. The number of halogens is 1. The zero-order chi connectivity index (χ0) is 57.0. The van der Waals surface area contributed by atoms with Crippen molar-refractivity contribution in [3.63, 3.8) is 0 Å². The first-order valence-electron chi connectivity index (χ1n) is 27.1. The lowest BCUT2D eigenvalue weighted by molar-refractivity contribution is -0.873. The van der Waals surface area contributed by atoms with E-state index in [-0.39, 0.29) is 29.2 Å². The van der Waals surface area contributed by atoms with Gasteiger partial charge in [-0.25, -0.2) is 14.2 Å². The molecule has 3 heterocycles. The number of rotatable bonds is 25. The van der Waals surface area contributed by atoms with Crippen LogP contribution in [0.15, 0.2) is 114 Å². The maximum Gasteiger partial charge on any atom is 0.357 e. The lowest BCUT2D eigenvalue weighted by Gasteiger charge is -2.46. The van der Waals surface area contributed by atoms with Crippen LogP contribution in [0.2, 0.25) is 30.7 Å². The molecule has 0 bridgehead atoms. The molecule has 0 aliphatic rings. The zero-order valence-electron chi connectivity index (χ0n) is 48.6. The molecule has 4 aromatic carbocycles. The van der Waals surface area contributed by atoms with Crippen LogP contribution in [0.25, 0.3) is 10.2 Å². The highest BCUT2D eigenvalue weighted by molar-refractivity contribution is 7.16. The molecule has 0 fully saturated rings. The molecule has 0 aliphatic heterocycles. The van der Waals surface area contributed by atoms with Gasteiger partial charge in [-0.2, -0.15) is 4.99 Å². The molecule has 3 aromatic heterocycles. The van der Waals surface area contributed by atoms with Gasteiger partial charge in [-0.1, -0.05) is 136 Å². The number of carbonyl (C=O) groups is 1. The zero-order valence-corrected chi connectivity index (χ0v) is 52.2. The fraction of sp³-hybridized carbons (Fsp3) is 0.426. The molecule has 1 atom stereocenters. The third-order valence-corrected chi connectivity index (χ3v) is 22.3. The Bertz CT molecular complexity index is 3230. The van der Waals surface area contributed by atoms with E-state index in [4.69, 9.17) is 38.8 Å². The van der Waals surface area contributed by atoms with Crippen molar-refractivity contribution >= 4 is 82.4 Å². The molecule has 1 unspecified atom stereocenters. The maximum absolute atomic E-state index is 15.2.